The molecule has 6 nitrogen and oxygen atoms in total. The highest BCUT2D eigenvalue weighted by molar-refractivity contribution is 6.00. The Morgan fingerprint density at radius 3 is 2.58 bits per heavy atom. The van der Waals surface area contributed by atoms with E-state index in [1.54, 1.807) is 24.3 Å². The van der Waals surface area contributed by atoms with Crippen LogP contribution in [0.2, 0.25) is 0 Å². The summed E-state index contributed by atoms with van der Waals surface area (Å²) < 4.78 is 0. The summed E-state index contributed by atoms with van der Waals surface area (Å²) in [5.74, 6) is -0.200. The summed E-state index contributed by atoms with van der Waals surface area (Å²) in [6, 6.07) is 6.94. The molecule has 1 aliphatic heterocycles. The van der Waals surface area contributed by atoms with E-state index in [1.165, 1.54) is 0 Å². The van der Waals surface area contributed by atoms with Gasteiger partial charge in [0.15, 0.2) is 0 Å². The Bertz CT molecular complexity index is 456. The van der Waals surface area contributed by atoms with E-state index in [0.29, 0.717) is 17.7 Å². The maximum Gasteiger partial charge on any atom is 0.267 e. The van der Waals surface area contributed by atoms with Crippen LogP contribution in [0.4, 0.5) is 5.69 Å². The minimum atomic E-state index is -0.200. The molecule has 1 fully saturated rings. The number of rotatable bonds is 4. The topological polar surface area (TPSA) is 64.7 Å². The number of hydrogen-bond acceptors (Lipinski definition) is 4. The molecule has 19 heavy (non-hydrogen) atoms. The van der Waals surface area contributed by atoms with E-state index >= 15 is 0 Å². The van der Waals surface area contributed by atoms with Crippen LogP contribution in [0.25, 0.3) is 0 Å². The fourth-order valence-corrected chi connectivity index (χ4v) is 1.99. The molecule has 0 bridgehead atoms. The van der Waals surface area contributed by atoms with E-state index in [-0.39, 0.29) is 5.91 Å². The zero-order valence-corrected chi connectivity index (χ0v) is 10.9. The van der Waals surface area contributed by atoms with Crippen molar-refractivity contribution in [2.75, 3.05) is 38.5 Å². The summed E-state index contributed by atoms with van der Waals surface area (Å²) in [5.41, 5.74) is 3.85. The number of para-hydroxylation sites is 1. The van der Waals surface area contributed by atoms with Gasteiger partial charge >= 0.3 is 0 Å². The normalized spacial score (nSPS) is 16.9. The van der Waals surface area contributed by atoms with Gasteiger partial charge in [-0.15, -0.1) is 0 Å². The summed E-state index contributed by atoms with van der Waals surface area (Å²) in [5, 5.41) is 4.44. The number of amides is 2. The fourth-order valence-electron chi connectivity index (χ4n) is 1.99. The van der Waals surface area contributed by atoms with Gasteiger partial charge in [0.2, 0.25) is 6.41 Å². The Labute approximate surface area is 112 Å². The van der Waals surface area contributed by atoms with Crippen molar-refractivity contribution in [3.63, 3.8) is 0 Å². The third-order valence-corrected chi connectivity index (χ3v) is 3.15. The van der Waals surface area contributed by atoms with E-state index < -0.39 is 0 Å². The van der Waals surface area contributed by atoms with Crippen LogP contribution in [0.15, 0.2) is 24.3 Å². The van der Waals surface area contributed by atoms with Crippen LogP contribution in [0.3, 0.4) is 0 Å². The molecule has 0 spiro atoms. The standard InChI is InChI=1S/C13H18N4O2/c1-16-6-8-17(9-7-16)15-13(19)11-4-2-3-5-12(11)14-10-18/h2-5,10H,6-9H2,1H3,(H,14,18)(H,15,19). The second-order valence-electron chi connectivity index (χ2n) is 4.54. The van der Waals surface area contributed by atoms with Crippen LogP contribution in [-0.4, -0.2) is 55.5 Å². The van der Waals surface area contributed by atoms with Gasteiger partial charge in [0, 0.05) is 26.2 Å². The highest BCUT2D eigenvalue weighted by Gasteiger charge is 2.17. The number of hydrogen-bond donors (Lipinski definition) is 2. The number of likely N-dealkylation sites (N-methyl/N-ethyl adjacent to an activating group) is 1. The summed E-state index contributed by atoms with van der Waals surface area (Å²) in [6.07, 6.45) is 0.571. The number of nitrogens with zero attached hydrogens (tertiary/aromatic N) is 2. The van der Waals surface area contributed by atoms with Crippen LogP contribution in [0.1, 0.15) is 10.4 Å². The van der Waals surface area contributed by atoms with Gasteiger partial charge in [-0.2, -0.15) is 0 Å². The Balaban J connectivity index is 2.01. The molecule has 0 aromatic heterocycles. The van der Waals surface area contributed by atoms with Crippen molar-refractivity contribution >= 4 is 18.0 Å². The fraction of sp³-hybridized carbons (Fsp3) is 0.385. The van der Waals surface area contributed by atoms with Gasteiger partial charge in [0.25, 0.3) is 5.91 Å². The van der Waals surface area contributed by atoms with Crippen LogP contribution in [-0.2, 0) is 4.79 Å². The van der Waals surface area contributed by atoms with Crippen LogP contribution < -0.4 is 10.7 Å². The predicted octanol–water partition coefficient (Wildman–Crippen LogP) is 0.147. The molecule has 6 heteroatoms. The highest BCUT2D eigenvalue weighted by atomic mass is 16.2. The Hall–Kier alpha value is -1.92. The zero-order valence-electron chi connectivity index (χ0n) is 10.9. The average molecular weight is 262 g/mol. The number of nitrogens with one attached hydrogen (secondary N) is 2. The second-order valence-corrected chi connectivity index (χ2v) is 4.54. The summed E-state index contributed by atoms with van der Waals surface area (Å²) >= 11 is 0. The average Bonchev–Trinajstić information content (AvgIpc) is 2.42. The first-order chi connectivity index (χ1) is 9.20. The molecule has 1 aliphatic rings. The zero-order chi connectivity index (χ0) is 13.7. The molecule has 1 saturated heterocycles. The summed E-state index contributed by atoms with van der Waals surface area (Å²) in [7, 11) is 2.06. The first kappa shape index (κ1) is 13.5. The molecule has 0 radical (unpaired) electrons. The monoisotopic (exact) mass is 262 g/mol. The molecule has 0 saturated carbocycles. The first-order valence-corrected chi connectivity index (χ1v) is 6.24. The third kappa shape index (κ3) is 3.52. The molecule has 102 valence electrons. The van der Waals surface area contributed by atoms with Gasteiger partial charge in [-0.3, -0.25) is 15.0 Å². The summed E-state index contributed by atoms with van der Waals surface area (Å²) in [6.45, 7) is 3.44. The van der Waals surface area contributed by atoms with E-state index in [2.05, 4.69) is 22.7 Å². The number of piperazine rings is 1. The highest BCUT2D eigenvalue weighted by Crippen LogP contribution is 2.14. The van der Waals surface area contributed by atoms with Gasteiger partial charge in [0.05, 0.1) is 11.3 Å². The molecule has 2 N–H and O–H groups in total. The predicted molar refractivity (Wildman–Crippen MR) is 72.7 cm³/mol. The minimum Gasteiger partial charge on any atom is -0.328 e. The van der Waals surface area contributed by atoms with Crippen molar-refractivity contribution in [1.29, 1.82) is 0 Å². The number of benzene rings is 1. The Morgan fingerprint density at radius 1 is 1.21 bits per heavy atom. The molecule has 1 aromatic carbocycles. The van der Waals surface area contributed by atoms with Crippen molar-refractivity contribution in [3.8, 4) is 0 Å². The van der Waals surface area contributed by atoms with Gasteiger partial charge in [0.1, 0.15) is 0 Å². The van der Waals surface area contributed by atoms with Crippen molar-refractivity contribution in [1.82, 2.24) is 15.3 Å². The van der Waals surface area contributed by atoms with E-state index in [9.17, 15) is 9.59 Å². The molecule has 0 aliphatic carbocycles. The number of carbonyl (C=O) groups is 2. The largest absolute Gasteiger partial charge is 0.328 e. The van der Waals surface area contributed by atoms with E-state index in [1.807, 2.05) is 5.01 Å². The van der Waals surface area contributed by atoms with Gasteiger partial charge in [-0.1, -0.05) is 12.1 Å². The minimum absolute atomic E-state index is 0.200. The van der Waals surface area contributed by atoms with Gasteiger partial charge in [-0.25, -0.2) is 5.01 Å². The number of carbonyl (C=O) groups excluding carboxylic acids is 2. The SMILES string of the molecule is CN1CCN(NC(=O)c2ccccc2NC=O)CC1. The van der Waals surface area contributed by atoms with E-state index in [0.717, 1.165) is 26.2 Å². The van der Waals surface area contributed by atoms with Gasteiger partial charge in [-0.05, 0) is 19.2 Å². The van der Waals surface area contributed by atoms with Crippen molar-refractivity contribution < 1.29 is 9.59 Å². The maximum atomic E-state index is 12.2. The van der Waals surface area contributed by atoms with Crippen molar-refractivity contribution in [2.45, 2.75) is 0 Å². The maximum absolute atomic E-state index is 12.2. The van der Waals surface area contributed by atoms with Crippen molar-refractivity contribution in [2.24, 2.45) is 0 Å². The lowest BCUT2D eigenvalue weighted by atomic mass is 10.1. The van der Waals surface area contributed by atoms with Crippen LogP contribution in [0.5, 0.6) is 0 Å². The third-order valence-electron chi connectivity index (χ3n) is 3.15. The molecular formula is C13H18N4O2. The number of anilines is 1. The molecule has 2 rings (SSSR count). The van der Waals surface area contributed by atoms with Gasteiger partial charge < -0.3 is 10.2 Å². The Morgan fingerprint density at radius 2 is 1.89 bits per heavy atom. The van der Waals surface area contributed by atoms with E-state index in [4.69, 9.17) is 0 Å². The lowest BCUT2D eigenvalue weighted by Gasteiger charge is -2.32. The smallest absolute Gasteiger partial charge is 0.267 e. The molecule has 0 atom stereocenters. The second kappa shape index (κ2) is 6.31. The Kier molecular flexibility index (Phi) is 4.48. The number of hydrazine groups is 1. The van der Waals surface area contributed by atoms with Crippen molar-refractivity contribution in [3.05, 3.63) is 29.8 Å². The summed E-state index contributed by atoms with van der Waals surface area (Å²) in [4.78, 5) is 24.9. The molecule has 1 heterocycles. The lowest BCUT2D eigenvalue weighted by molar-refractivity contribution is -0.105. The lowest BCUT2D eigenvalue weighted by Crippen LogP contribution is -2.52. The molecule has 2 amide bonds. The first-order valence-electron chi connectivity index (χ1n) is 6.24. The van der Waals surface area contributed by atoms with Crippen LogP contribution >= 0.6 is 0 Å². The molecule has 0 unspecified atom stereocenters. The molecule has 1 aromatic rings. The quantitative estimate of drug-likeness (QED) is 0.758. The molecular weight excluding hydrogens is 244 g/mol. The van der Waals surface area contributed by atoms with Crippen LogP contribution in [0, 0.1) is 0 Å².